The van der Waals surface area contributed by atoms with E-state index in [1.807, 2.05) is 6.07 Å². The molecule has 1 unspecified atom stereocenters. The number of hydrogen-bond acceptors (Lipinski definition) is 3. The maximum Gasteiger partial charge on any atom is 0.142 e. The molecule has 0 spiro atoms. The predicted octanol–water partition coefficient (Wildman–Crippen LogP) is 2.79. The van der Waals surface area contributed by atoms with Crippen molar-refractivity contribution in [1.82, 2.24) is 0 Å². The lowest BCUT2D eigenvalue weighted by Crippen LogP contribution is -2.52. The van der Waals surface area contributed by atoms with Gasteiger partial charge in [-0.1, -0.05) is 25.5 Å². The van der Waals surface area contributed by atoms with Gasteiger partial charge in [0.15, 0.2) is 0 Å². The molecular formula is C15H24N2O. The Morgan fingerprint density at radius 3 is 2.89 bits per heavy atom. The van der Waals surface area contributed by atoms with E-state index in [9.17, 15) is 0 Å². The van der Waals surface area contributed by atoms with Gasteiger partial charge in [0, 0.05) is 18.6 Å². The van der Waals surface area contributed by atoms with E-state index in [4.69, 9.17) is 10.5 Å². The lowest BCUT2D eigenvalue weighted by atomic mass is 9.92. The van der Waals surface area contributed by atoms with Crippen molar-refractivity contribution in [2.24, 2.45) is 5.73 Å². The highest BCUT2D eigenvalue weighted by Gasteiger charge is 2.32. The monoisotopic (exact) mass is 248 g/mol. The first-order valence-corrected chi connectivity index (χ1v) is 6.91. The number of anilines is 1. The molecule has 0 saturated carbocycles. The van der Waals surface area contributed by atoms with Crippen LogP contribution in [0.1, 0.15) is 33.1 Å². The minimum absolute atomic E-state index is 0.0263. The number of hydrogen-bond donors (Lipinski definition) is 1. The minimum Gasteiger partial charge on any atom is -0.491 e. The second kappa shape index (κ2) is 5.61. The van der Waals surface area contributed by atoms with Gasteiger partial charge in [-0.2, -0.15) is 0 Å². The van der Waals surface area contributed by atoms with Crippen LogP contribution in [0.5, 0.6) is 5.75 Å². The van der Waals surface area contributed by atoms with Crippen LogP contribution in [0.2, 0.25) is 0 Å². The third-order valence-corrected chi connectivity index (χ3v) is 3.82. The van der Waals surface area contributed by atoms with Crippen LogP contribution >= 0.6 is 0 Å². The van der Waals surface area contributed by atoms with Crippen molar-refractivity contribution in [1.29, 1.82) is 0 Å². The first kappa shape index (κ1) is 13.2. The van der Waals surface area contributed by atoms with Crippen molar-refractivity contribution < 1.29 is 4.74 Å². The van der Waals surface area contributed by atoms with Crippen LogP contribution in [-0.4, -0.2) is 25.2 Å². The quantitative estimate of drug-likeness (QED) is 0.890. The van der Waals surface area contributed by atoms with Crippen LogP contribution in [-0.2, 0) is 0 Å². The normalized spacial score (nSPS) is 18.5. The van der Waals surface area contributed by atoms with E-state index in [2.05, 4.69) is 36.9 Å². The number of fused-ring (bicyclic) bond motifs is 1. The molecule has 1 heterocycles. The molecule has 3 heteroatoms. The summed E-state index contributed by atoms with van der Waals surface area (Å²) in [4.78, 5) is 2.44. The summed E-state index contributed by atoms with van der Waals surface area (Å²) < 4.78 is 5.81. The molecule has 3 nitrogen and oxygen atoms in total. The van der Waals surface area contributed by atoms with E-state index in [-0.39, 0.29) is 5.54 Å². The number of rotatable bonds is 4. The van der Waals surface area contributed by atoms with Gasteiger partial charge >= 0.3 is 0 Å². The maximum atomic E-state index is 6.05. The van der Waals surface area contributed by atoms with Crippen LogP contribution < -0.4 is 15.4 Å². The highest BCUT2D eigenvalue weighted by molar-refractivity contribution is 5.60. The van der Waals surface area contributed by atoms with Gasteiger partial charge in [0.05, 0.1) is 12.3 Å². The molecule has 1 aromatic rings. The van der Waals surface area contributed by atoms with Gasteiger partial charge < -0.3 is 15.4 Å². The summed E-state index contributed by atoms with van der Waals surface area (Å²) in [7, 11) is 0. The molecule has 0 radical (unpaired) electrons. The van der Waals surface area contributed by atoms with Crippen molar-refractivity contribution in [3.63, 3.8) is 0 Å². The number of nitrogens with two attached hydrogens (primary N) is 1. The fraction of sp³-hybridized carbons (Fsp3) is 0.600. The zero-order chi connectivity index (χ0) is 13.0. The molecule has 1 atom stereocenters. The van der Waals surface area contributed by atoms with E-state index < -0.39 is 0 Å². The Morgan fingerprint density at radius 1 is 1.39 bits per heavy atom. The second-order valence-corrected chi connectivity index (χ2v) is 5.27. The average Bonchev–Trinajstić information content (AvgIpc) is 2.61. The highest BCUT2D eigenvalue weighted by Crippen LogP contribution is 2.36. The zero-order valence-corrected chi connectivity index (χ0v) is 11.5. The summed E-state index contributed by atoms with van der Waals surface area (Å²) in [6.45, 7) is 6.97. The zero-order valence-electron chi connectivity index (χ0n) is 11.5. The van der Waals surface area contributed by atoms with E-state index >= 15 is 0 Å². The fourth-order valence-electron chi connectivity index (χ4n) is 2.77. The number of benzene rings is 1. The summed E-state index contributed by atoms with van der Waals surface area (Å²) >= 11 is 0. The Balaban J connectivity index is 2.37. The molecule has 1 aliphatic rings. The third kappa shape index (κ3) is 2.46. The van der Waals surface area contributed by atoms with Gasteiger partial charge in [0.25, 0.3) is 0 Å². The Hall–Kier alpha value is -1.22. The van der Waals surface area contributed by atoms with Gasteiger partial charge in [0.2, 0.25) is 0 Å². The minimum atomic E-state index is 0.0263. The highest BCUT2D eigenvalue weighted by atomic mass is 16.5. The fourth-order valence-corrected chi connectivity index (χ4v) is 2.77. The topological polar surface area (TPSA) is 38.5 Å². The maximum absolute atomic E-state index is 6.05. The van der Waals surface area contributed by atoms with Crippen LogP contribution in [0.3, 0.4) is 0 Å². The molecule has 0 amide bonds. The molecular weight excluding hydrogens is 224 g/mol. The van der Waals surface area contributed by atoms with Gasteiger partial charge in [-0.15, -0.1) is 0 Å². The van der Waals surface area contributed by atoms with Gasteiger partial charge in [0.1, 0.15) is 5.75 Å². The molecule has 1 aromatic carbocycles. The van der Waals surface area contributed by atoms with Crippen molar-refractivity contribution in [3.8, 4) is 5.75 Å². The Bertz CT molecular complexity index is 394. The summed E-state index contributed by atoms with van der Waals surface area (Å²) in [5.41, 5.74) is 7.27. The summed E-state index contributed by atoms with van der Waals surface area (Å²) in [6, 6.07) is 8.30. The molecule has 2 rings (SSSR count). The summed E-state index contributed by atoms with van der Waals surface area (Å²) in [5, 5.41) is 0. The van der Waals surface area contributed by atoms with E-state index in [0.717, 1.165) is 38.2 Å². The van der Waals surface area contributed by atoms with Crippen LogP contribution in [0.25, 0.3) is 0 Å². The van der Waals surface area contributed by atoms with Gasteiger partial charge in [-0.3, -0.25) is 0 Å². The predicted molar refractivity (Wildman–Crippen MR) is 76.3 cm³/mol. The summed E-state index contributed by atoms with van der Waals surface area (Å²) in [5.74, 6) is 0.991. The second-order valence-electron chi connectivity index (χ2n) is 5.27. The van der Waals surface area contributed by atoms with Crippen LogP contribution in [0.15, 0.2) is 24.3 Å². The van der Waals surface area contributed by atoms with Crippen molar-refractivity contribution >= 4 is 5.69 Å². The smallest absolute Gasteiger partial charge is 0.142 e. The largest absolute Gasteiger partial charge is 0.491 e. The van der Waals surface area contributed by atoms with Crippen LogP contribution in [0, 0.1) is 0 Å². The van der Waals surface area contributed by atoms with Crippen LogP contribution in [0.4, 0.5) is 5.69 Å². The van der Waals surface area contributed by atoms with Gasteiger partial charge in [-0.25, -0.2) is 0 Å². The lowest BCUT2D eigenvalue weighted by molar-refractivity contribution is 0.320. The molecule has 0 aromatic heterocycles. The first-order valence-electron chi connectivity index (χ1n) is 6.91. The Morgan fingerprint density at radius 2 is 2.17 bits per heavy atom. The molecule has 100 valence electrons. The van der Waals surface area contributed by atoms with Crippen molar-refractivity contribution in [3.05, 3.63) is 24.3 Å². The first-order chi connectivity index (χ1) is 8.71. The number of ether oxygens (including phenoxy) is 1. The molecule has 0 aliphatic carbocycles. The van der Waals surface area contributed by atoms with Crippen molar-refractivity contribution in [2.45, 2.75) is 38.6 Å². The molecule has 18 heavy (non-hydrogen) atoms. The Kier molecular flexibility index (Phi) is 4.12. The van der Waals surface area contributed by atoms with E-state index in [0.29, 0.717) is 6.54 Å². The SMILES string of the molecule is CCCC(C)(CN)N1CCCOc2ccccc21. The molecule has 0 fully saturated rings. The standard InChI is InChI=1S/C15H24N2O/c1-3-9-15(2,12-16)17-10-6-11-18-14-8-5-4-7-13(14)17/h4-5,7-8H,3,6,9-12,16H2,1-2H3. The average molecular weight is 248 g/mol. The van der Waals surface area contributed by atoms with Crippen molar-refractivity contribution in [2.75, 3.05) is 24.6 Å². The lowest BCUT2D eigenvalue weighted by Gasteiger charge is -2.42. The summed E-state index contributed by atoms with van der Waals surface area (Å²) in [6.07, 6.45) is 3.30. The Labute approximate surface area is 110 Å². The number of nitrogens with zero attached hydrogens (tertiary/aromatic N) is 1. The number of para-hydroxylation sites is 2. The third-order valence-electron chi connectivity index (χ3n) is 3.82. The van der Waals surface area contributed by atoms with E-state index in [1.54, 1.807) is 0 Å². The molecule has 1 aliphatic heterocycles. The molecule has 2 N–H and O–H groups in total. The van der Waals surface area contributed by atoms with E-state index in [1.165, 1.54) is 5.69 Å². The molecule has 0 saturated heterocycles. The molecule has 0 bridgehead atoms. The van der Waals surface area contributed by atoms with Gasteiger partial charge in [-0.05, 0) is 31.9 Å².